The maximum absolute atomic E-state index is 10.8. The van der Waals surface area contributed by atoms with Crippen molar-refractivity contribution in [3.05, 3.63) is 37.5 Å². The summed E-state index contributed by atoms with van der Waals surface area (Å²) in [5.41, 5.74) is 0.350. The van der Waals surface area contributed by atoms with Crippen molar-refractivity contribution in [2.75, 3.05) is 26.4 Å². The molecule has 0 aromatic heterocycles. The van der Waals surface area contributed by atoms with Crippen LogP contribution in [0.4, 0.5) is 0 Å². The zero-order valence-corrected chi connectivity index (χ0v) is 19.8. The molecule has 0 fully saturated rings. The normalized spacial score (nSPS) is 10.1. The average Bonchev–Trinajstić information content (AvgIpc) is 2.78. The van der Waals surface area contributed by atoms with E-state index in [0.29, 0.717) is 24.7 Å². The Hall–Kier alpha value is -2.41. The number of unbranched alkanes of at least 4 members (excludes halogenated alkanes) is 2. The van der Waals surface area contributed by atoms with Crippen LogP contribution in [-0.4, -0.2) is 49.4 Å². The number of aliphatic hydroxyl groups excluding tert-OH is 1. The molecule has 1 unspecified atom stereocenters. The summed E-state index contributed by atoms with van der Waals surface area (Å²) in [6.07, 6.45) is 9.00. The van der Waals surface area contributed by atoms with E-state index in [2.05, 4.69) is 43.1 Å². The highest BCUT2D eigenvalue weighted by Crippen LogP contribution is 2.12. The van der Waals surface area contributed by atoms with Crippen LogP contribution < -0.4 is 0 Å². The van der Waals surface area contributed by atoms with Gasteiger partial charge in [-0.2, -0.15) is 0 Å². The highest BCUT2D eigenvalue weighted by Gasteiger charge is 2.07. The molecule has 0 spiro atoms. The number of rotatable bonds is 14. The largest absolute Gasteiger partial charge is 0.463 e. The molecule has 0 aliphatic carbocycles. The summed E-state index contributed by atoms with van der Waals surface area (Å²) in [6, 6.07) is 0. The predicted molar refractivity (Wildman–Crippen MR) is 123 cm³/mol. The molecule has 0 amide bonds. The minimum Gasteiger partial charge on any atom is -0.463 e. The Bertz CT molecular complexity index is 510. The fourth-order valence-electron chi connectivity index (χ4n) is 1.79. The summed E-state index contributed by atoms with van der Waals surface area (Å²) in [5, 5.41) is 8.19. The summed E-state index contributed by atoms with van der Waals surface area (Å²) in [4.78, 5) is 31.6. The van der Waals surface area contributed by atoms with Gasteiger partial charge in [0.1, 0.15) is 6.61 Å². The van der Waals surface area contributed by atoms with Gasteiger partial charge in [0.2, 0.25) is 0 Å². The first kappa shape index (κ1) is 33.2. The first-order valence-corrected chi connectivity index (χ1v) is 10.8. The molecule has 0 aliphatic rings. The molecule has 0 aromatic rings. The predicted octanol–water partition coefficient (Wildman–Crippen LogP) is 4.55. The molecule has 31 heavy (non-hydrogen) atoms. The monoisotopic (exact) mass is 442 g/mol. The lowest BCUT2D eigenvalue weighted by molar-refractivity contribution is -0.140. The summed E-state index contributed by atoms with van der Waals surface area (Å²) in [6.45, 7) is 18.8. The lowest BCUT2D eigenvalue weighted by Crippen LogP contribution is -2.12. The van der Waals surface area contributed by atoms with Crippen molar-refractivity contribution in [1.82, 2.24) is 0 Å². The third-order valence-electron chi connectivity index (χ3n) is 3.75. The fraction of sp³-hybridized carbons (Fsp3) is 0.625. The Morgan fingerprint density at radius 1 is 0.903 bits per heavy atom. The van der Waals surface area contributed by atoms with Gasteiger partial charge in [-0.1, -0.05) is 66.2 Å². The molecule has 1 atom stereocenters. The highest BCUT2D eigenvalue weighted by atomic mass is 16.5. The van der Waals surface area contributed by atoms with Gasteiger partial charge in [-0.25, -0.2) is 14.4 Å². The maximum atomic E-state index is 10.8. The molecule has 7 heteroatoms. The molecule has 0 saturated carbocycles. The van der Waals surface area contributed by atoms with Gasteiger partial charge in [-0.15, -0.1) is 0 Å². The number of ether oxygens (including phenoxy) is 3. The third kappa shape index (κ3) is 27.6. The first-order valence-electron chi connectivity index (χ1n) is 10.8. The Balaban J connectivity index is -0.000000390. The smallest absolute Gasteiger partial charge is 0.333 e. The van der Waals surface area contributed by atoms with E-state index in [1.807, 2.05) is 6.92 Å². The Morgan fingerprint density at radius 2 is 1.45 bits per heavy atom. The number of aliphatic hydroxyl groups is 1. The Morgan fingerprint density at radius 3 is 1.87 bits per heavy atom. The number of hydrogen-bond acceptors (Lipinski definition) is 7. The zero-order chi connectivity index (χ0) is 24.5. The van der Waals surface area contributed by atoms with Crippen LogP contribution >= 0.6 is 0 Å². The van der Waals surface area contributed by atoms with Crippen molar-refractivity contribution in [2.24, 2.45) is 5.92 Å². The zero-order valence-electron chi connectivity index (χ0n) is 19.8. The second-order valence-electron chi connectivity index (χ2n) is 6.62. The van der Waals surface area contributed by atoms with Crippen LogP contribution in [0.3, 0.4) is 0 Å². The van der Waals surface area contributed by atoms with Crippen LogP contribution in [-0.2, 0) is 28.6 Å². The Kier molecular flexibility index (Phi) is 27.5. The number of hydrogen-bond donors (Lipinski definition) is 1. The van der Waals surface area contributed by atoms with Gasteiger partial charge in [0, 0.05) is 17.7 Å². The molecule has 7 nitrogen and oxygen atoms in total. The van der Waals surface area contributed by atoms with Crippen molar-refractivity contribution in [3.63, 3.8) is 0 Å². The lowest BCUT2D eigenvalue weighted by atomic mass is 10.0. The van der Waals surface area contributed by atoms with Crippen molar-refractivity contribution >= 4 is 17.9 Å². The minimum atomic E-state index is -0.455. The maximum Gasteiger partial charge on any atom is 0.333 e. The molecule has 1 N–H and O–H groups in total. The van der Waals surface area contributed by atoms with E-state index in [4.69, 9.17) is 9.84 Å². The summed E-state index contributed by atoms with van der Waals surface area (Å²) < 4.78 is 14.1. The van der Waals surface area contributed by atoms with Gasteiger partial charge in [0.15, 0.2) is 0 Å². The van der Waals surface area contributed by atoms with E-state index in [1.54, 1.807) is 6.92 Å². The second kappa shape index (κ2) is 25.6. The number of esters is 3. The SMILES string of the molecule is C=C(C)C(=O)OCCO.C=CC(=O)OCC(CC)CCCC.C=CC(=O)OCCCC. The molecule has 0 radical (unpaired) electrons. The molecule has 0 aliphatic heterocycles. The molecule has 180 valence electrons. The van der Waals surface area contributed by atoms with Gasteiger partial charge < -0.3 is 19.3 Å². The van der Waals surface area contributed by atoms with Crippen LogP contribution in [0.1, 0.15) is 66.2 Å². The Labute approximate surface area is 188 Å². The van der Waals surface area contributed by atoms with E-state index in [9.17, 15) is 14.4 Å². The van der Waals surface area contributed by atoms with E-state index < -0.39 is 5.97 Å². The lowest BCUT2D eigenvalue weighted by Gasteiger charge is -2.13. The second-order valence-corrected chi connectivity index (χ2v) is 6.62. The molecule has 0 aromatic carbocycles. The fourth-order valence-corrected chi connectivity index (χ4v) is 1.79. The van der Waals surface area contributed by atoms with Crippen molar-refractivity contribution in [3.8, 4) is 0 Å². The van der Waals surface area contributed by atoms with E-state index >= 15 is 0 Å². The van der Waals surface area contributed by atoms with Crippen molar-refractivity contribution in [1.29, 1.82) is 0 Å². The standard InChI is InChI=1S/C11H20O2.C7H12O2.C6H10O3/c1-4-7-8-10(5-2)9-13-11(12)6-3;1-3-5-6-9-7(8)4-2;1-5(2)6(8)9-4-3-7/h6,10H,3-5,7-9H2,1-2H3;4H,2-3,5-6H2,1H3;7H,1,3-4H2,2H3. The summed E-state index contributed by atoms with van der Waals surface area (Å²) in [7, 11) is 0. The van der Waals surface area contributed by atoms with Gasteiger partial charge in [-0.3, -0.25) is 0 Å². The van der Waals surface area contributed by atoms with Crippen LogP contribution in [0.5, 0.6) is 0 Å². The van der Waals surface area contributed by atoms with Crippen LogP contribution in [0.25, 0.3) is 0 Å². The molecule has 0 saturated heterocycles. The van der Waals surface area contributed by atoms with Crippen LogP contribution in [0.2, 0.25) is 0 Å². The van der Waals surface area contributed by atoms with Gasteiger partial charge >= 0.3 is 17.9 Å². The van der Waals surface area contributed by atoms with E-state index in [1.165, 1.54) is 25.0 Å². The number of carbonyl (C=O) groups is 3. The van der Waals surface area contributed by atoms with Crippen molar-refractivity contribution in [2.45, 2.75) is 66.2 Å². The quantitative estimate of drug-likeness (QED) is 0.182. The minimum absolute atomic E-state index is 0.0473. The topological polar surface area (TPSA) is 99.1 Å². The van der Waals surface area contributed by atoms with E-state index in [0.717, 1.165) is 25.7 Å². The van der Waals surface area contributed by atoms with Crippen LogP contribution in [0.15, 0.2) is 37.5 Å². The average molecular weight is 443 g/mol. The summed E-state index contributed by atoms with van der Waals surface area (Å²) >= 11 is 0. The van der Waals surface area contributed by atoms with Crippen molar-refractivity contribution < 1.29 is 33.7 Å². The molecule has 0 heterocycles. The van der Waals surface area contributed by atoms with Gasteiger partial charge in [0.05, 0.1) is 19.8 Å². The highest BCUT2D eigenvalue weighted by molar-refractivity contribution is 5.86. The summed E-state index contributed by atoms with van der Waals surface area (Å²) in [5.74, 6) is -0.578. The molecule has 0 rings (SSSR count). The number of carbonyl (C=O) groups excluding carboxylic acids is 3. The van der Waals surface area contributed by atoms with Gasteiger partial charge in [-0.05, 0) is 25.7 Å². The first-order chi connectivity index (χ1) is 14.7. The molecular weight excluding hydrogens is 400 g/mol. The molecular formula is C24H42O7. The molecule has 0 bridgehead atoms. The van der Waals surface area contributed by atoms with Gasteiger partial charge in [0.25, 0.3) is 0 Å². The van der Waals surface area contributed by atoms with Crippen LogP contribution in [0, 0.1) is 5.92 Å². The van der Waals surface area contributed by atoms with E-state index in [-0.39, 0.29) is 25.2 Å². The third-order valence-corrected chi connectivity index (χ3v) is 3.75.